The summed E-state index contributed by atoms with van der Waals surface area (Å²) < 4.78 is 5.34. The normalized spacial score (nSPS) is 17.2. The summed E-state index contributed by atoms with van der Waals surface area (Å²) in [7, 11) is 0. The summed E-state index contributed by atoms with van der Waals surface area (Å²) in [6.45, 7) is 7.68. The lowest BCUT2D eigenvalue weighted by Gasteiger charge is -2.22. The molecule has 1 aromatic carbocycles. The molecule has 0 spiro atoms. The topological polar surface area (TPSA) is 38.3 Å². The molecule has 0 aromatic heterocycles. The Morgan fingerprint density at radius 2 is 2.14 bits per heavy atom. The molecule has 1 amide bonds. The van der Waals surface area contributed by atoms with Gasteiger partial charge in [0.25, 0.3) is 0 Å². The van der Waals surface area contributed by atoms with Gasteiger partial charge in [-0.3, -0.25) is 0 Å². The molecule has 0 radical (unpaired) electrons. The van der Waals surface area contributed by atoms with Gasteiger partial charge in [-0.2, -0.15) is 0 Å². The number of benzene rings is 1. The Balaban J connectivity index is 2.16. The van der Waals surface area contributed by atoms with Crippen LogP contribution < -0.4 is 5.32 Å². The van der Waals surface area contributed by atoms with Crippen LogP contribution in [-0.4, -0.2) is 16.6 Å². The van der Waals surface area contributed by atoms with Gasteiger partial charge in [-0.05, 0) is 56.7 Å². The van der Waals surface area contributed by atoms with Crippen molar-refractivity contribution >= 4 is 23.2 Å². The summed E-state index contributed by atoms with van der Waals surface area (Å²) >= 11 is 5.45. The van der Waals surface area contributed by atoms with Gasteiger partial charge in [0.2, 0.25) is 0 Å². The molecule has 2 rings (SSSR count). The van der Waals surface area contributed by atoms with Gasteiger partial charge in [-0.25, -0.2) is 4.79 Å². The number of ether oxygens (including phenoxy) is 1. The zero-order valence-electron chi connectivity index (χ0n) is 13.2. The van der Waals surface area contributed by atoms with Gasteiger partial charge >= 0.3 is 6.09 Å². The molecule has 1 aliphatic rings. The Kier molecular flexibility index (Phi) is 4.67. The SMILES string of the molecule is CCC(=S)c1cccc2c1CCC2NC(=O)OC(C)(C)C. The summed E-state index contributed by atoms with van der Waals surface area (Å²) in [5.41, 5.74) is 3.15. The van der Waals surface area contributed by atoms with E-state index in [9.17, 15) is 4.79 Å². The van der Waals surface area contributed by atoms with E-state index in [1.807, 2.05) is 26.8 Å². The minimum absolute atomic E-state index is 0.0226. The van der Waals surface area contributed by atoms with Crippen LogP contribution in [0.4, 0.5) is 4.79 Å². The van der Waals surface area contributed by atoms with Crippen LogP contribution in [0.3, 0.4) is 0 Å². The van der Waals surface area contributed by atoms with E-state index in [0.717, 1.165) is 24.1 Å². The average molecular weight is 305 g/mol. The van der Waals surface area contributed by atoms with Crippen LogP contribution in [-0.2, 0) is 11.2 Å². The second-order valence-electron chi connectivity index (χ2n) is 6.39. The van der Waals surface area contributed by atoms with Crippen molar-refractivity contribution in [2.45, 2.75) is 58.6 Å². The predicted octanol–water partition coefficient (Wildman–Crippen LogP) is 4.33. The van der Waals surface area contributed by atoms with Gasteiger partial charge in [-0.1, -0.05) is 37.3 Å². The van der Waals surface area contributed by atoms with E-state index >= 15 is 0 Å². The quantitative estimate of drug-likeness (QED) is 0.667. The number of fused-ring (bicyclic) bond motifs is 1. The lowest BCUT2D eigenvalue weighted by molar-refractivity contribution is 0.0503. The van der Waals surface area contributed by atoms with Crippen molar-refractivity contribution in [1.29, 1.82) is 0 Å². The molecular formula is C17H23NO2S. The van der Waals surface area contributed by atoms with E-state index in [-0.39, 0.29) is 12.1 Å². The maximum atomic E-state index is 11.9. The van der Waals surface area contributed by atoms with E-state index in [2.05, 4.69) is 24.4 Å². The second kappa shape index (κ2) is 6.14. The molecule has 114 valence electrons. The largest absolute Gasteiger partial charge is 0.444 e. The molecule has 0 saturated carbocycles. The summed E-state index contributed by atoms with van der Waals surface area (Å²) in [6, 6.07) is 6.20. The molecule has 3 nitrogen and oxygen atoms in total. The Bertz CT molecular complexity index is 560. The number of hydrogen-bond acceptors (Lipinski definition) is 3. The van der Waals surface area contributed by atoms with Crippen LogP contribution in [0, 0.1) is 0 Å². The van der Waals surface area contributed by atoms with Crippen molar-refractivity contribution in [3.05, 3.63) is 34.9 Å². The van der Waals surface area contributed by atoms with Gasteiger partial charge in [0, 0.05) is 4.86 Å². The Morgan fingerprint density at radius 1 is 1.43 bits per heavy atom. The number of nitrogens with one attached hydrogen (secondary N) is 1. The smallest absolute Gasteiger partial charge is 0.408 e. The molecule has 1 aromatic rings. The monoisotopic (exact) mass is 305 g/mol. The van der Waals surface area contributed by atoms with Crippen molar-refractivity contribution in [1.82, 2.24) is 5.32 Å². The van der Waals surface area contributed by atoms with Crippen LogP contribution in [0.1, 0.15) is 63.3 Å². The molecule has 1 N–H and O–H groups in total. The predicted molar refractivity (Wildman–Crippen MR) is 88.9 cm³/mol. The van der Waals surface area contributed by atoms with Crippen molar-refractivity contribution in [2.24, 2.45) is 0 Å². The van der Waals surface area contributed by atoms with E-state index in [4.69, 9.17) is 17.0 Å². The maximum absolute atomic E-state index is 11.9. The molecule has 0 fully saturated rings. The van der Waals surface area contributed by atoms with Crippen LogP contribution >= 0.6 is 12.2 Å². The van der Waals surface area contributed by atoms with E-state index < -0.39 is 5.60 Å². The number of thiocarbonyl (C=S) groups is 1. The first-order chi connectivity index (χ1) is 9.81. The van der Waals surface area contributed by atoms with Gasteiger partial charge in [0.1, 0.15) is 5.60 Å². The standard InChI is InChI=1S/C17H23NO2S/c1-5-15(21)13-8-6-7-12-11(13)9-10-14(12)18-16(19)20-17(2,3)4/h6-8,14H,5,9-10H2,1-4H3,(H,18,19). The van der Waals surface area contributed by atoms with Crippen LogP contribution in [0.25, 0.3) is 0 Å². The van der Waals surface area contributed by atoms with E-state index in [1.165, 1.54) is 16.7 Å². The minimum atomic E-state index is -0.475. The molecule has 1 aliphatic carbocycles. The summed E-state index contributed by atoms with van der Waals surface area (Å²) in [5.74, 6) is 0. The molecule has 0 heterocycles. The molecule has 21 heavy (non-hydrogen) atoms. The van der Waals surface area contributed by atoms with Crippen LogP contribution in [0.15, 0.2) is 18.2 Å². The highest BCUT2D eigenvalue weighted by atomic mass is 32.1. The van der Waals surface area contributed by atoms with Crippen molar-refractivity contribution < 1.29 is 9.53 Å². The first kappa shape index (κ1) is 16.0. The fraction of sp³-hybridized carbons (Fsp3) is 0.529. The number of carbonyl (C=O) groups is 1. The van der Waals surface area contributed by atoms with Gasteiger partial charge < -0.3 is 10.1 Å². The number of alkyl carbamates (subject to hydrolysis) is 1. The molecule has 0 bridgehead atoms. The van der Waals surface area contributed by atoms with Crippen molar-refractivity contribution in [3.63, 3.8) is 0 Å². The number of rotatable bonds is 3. The highest BCUT2D eigenvalue weighted by Gasteiger charge is 2.28. The van der Waals surface area contributed by atoms with E-state index in [0.29, 0.717) is 0 Å². The molecule has 1 unspecified atom stereocenters. The Hall–Kier alpha value is -1.42. The fourth-order valence-corrected chi connectivity index (χ4v) is 2.90. The first-order valence-electron chi connectivity index (χ1n) is 7.46. The molecular weight excluding hydrogens is 282 g/mol. The highest BCUT2D eigenvalue weighted by molar-refractivity contribution is 7.80. The Labute approximate surface area is 132 Å². The molecule has 1 atom stereocenters. The van der Waals surface area contributed by atoms with Gasteiger partial charge in [0.15, 0.2) is 0 Å². The minimum Gasteiger partial charge on any atom is -0.444 e. The van der Waals surface area contributed by atoms with Crippen molar-refractivity contribution in [2.75, 3.05) is 0 Å². The Morgan fingerprint density at radius 3 is 2.76 bits per heavy atom. The third-order valence-corrected chi connectivity index (χ3v) is 4.09. The van der Waals surface area contributed by atoms with Crippen LogP contribution in [0.5, 0.6) is 0 Å². The zero-order valence-corrected chi connectivity index (χ0v) is 14.0. The van der Waals surface area contributed by atoms with Crippen LogP contribution in [0.2, 0.25) is 0 Å². The highest BCUT2D eigenvalue weighted by Crippen LogP contribution is 2.34. The lowest BCUT2D eigenvalue weighted by Crippen LogP contribution is -2.34. The number of carbonyl (C=O) groups excluding carboxylic acids is 1. The summed E-state index contributed by atoms with van der Waals surface area (Å²) in [4.78, 5) is 12.9. The third kappa shape index (κ3) is 3.82. The average Bonchev–Trinajstić information content (AvgIpc) is 2.79. The number of hydrogen-bond donors (Lipinski definition) is 1. The fourth-order valence-electron chi connectivity index (χ4n) is 2.71. The number of amides is 1. The van der Waals surface area contributed by atoms with E-state index in [1.54, 1.807) is 0 Å². The van der Waals surface area contributed by atoms with Gasteiger partial charge in [0.05, 0.1) is 6.04 Å². The first-order valence-corrected chi connectivity index (χ1v) is 7.87. The summed E-state index contributed by atoms with van der Waals surface area (Å²) in [6.07, 6.45) is 2.36. The molecule has 0 aliphatic heterocycles. The van der Waals surface area contributed by atoms with Crippen molar-refractivity contribution in [3.8, 4) is 0 Å². The second-order valence-corrected chi connectivity index (χ2v) is 6.88. The summed E-state index contributed by atoms with van der Waals surface area (Å²) in [5, 5.41) is 2.97. The zero-order chi connectivity index (χ0) is 15.6. The maximum Gasteiger partial charge on any atom is 0.408 e. The lowest BCUT2D eigenvalue weighted by atomic mass is 9.99. The third-order valence-electron chi connectivity index (χ3n) is 3.58. The molecule has 4 heteroatoms. The molecule has 0 saturated heterocycles. The van der Waals surface area contributed by atoms with Gasteiger partial charge in [-0.15, -0.1) is 0 Å².